The van der Waals surface area contributed by atoms with Crippen LogP contribution in [0.1, 0.15) is 0 Å². The molecule has 0 atom stereocenters. The third-order valence-electron chi connectivity index (χ3n) is 2.39. The molecule has 0 unspecified atom stereocenters. The zero-order valence-electron chi connectivity index (χ0n) is 12.1. The molecule has 1 saturated heterocycles. The van der Waals surface area contributed by atoms with Crippen LogP contribution in [0.15, 0.2) is 0 Å². The molecule has 0 aromatic carbocycles. The van der Waals surface area contributed by atoms with E-state index < -0.39 is 0 Å². The minimum atomic E-state index is 0. The molecule has 7 nitrogen and oxygen atoms in total. The van der Waals surface area contributed by atoms with Crippen LogP contribution >= 0.6 is 0 Å². The molecule has 0 aromatic heterocycles. The molecule has 0 spiro atoms. The van der Waals surface area contributed by atoms with Gasteiger partial charge in [-0.3, -0.25) is 0 Å². The fourth-order valence-electron chi connectivity index (χ4n) is 1.51. The third kappa shape index (κ3) is 26.0. The second-order valence-electron chi connectivity index (χ2n) is 3.75. The molecule has 0 amide bonds. The molecule has 1 aliphatic rings. The van der Waals surface area contributed by atoms with Crippen molar-refractivity contribution in [3.8, 4) is 0 Å². The smallest absolute Gasteiger partial charge is 0.00772 e. The van der Waals surface area contributed by atoms with Gasteiger partial charge >= 0.3 is 0 Å². The quantitative estimate of drug-likeness (QED) is 0.163. The minimum absolute atomic E-state index is 0. The van der Waals surface area contributed by atoms with Crippen LogP contribution in [0, 0.1) is 88.1 Å². The minimum Gasteiger partial charge on any atom is -0.412 e. The number of nitrogens with one attached hydrogen (secondary N) is 5. The average Bonchev–Trinajstić information content (AvgIpc) is 2.27. The predicted molar refractivity (Wildman–Crippen MR) is 71.6 cm³/mol. The Kier molecular flexibility index (Phi) is 51.8. The summed E-state index contributed by atoms with van der Waals surface area (Å²) in [5.74, 6) is 0. The molecule has 0 aromatic rings. The van der Waals surface area contributed by atoms with Crippen molar-refractivity contribution in [1.29, 1.82) is 0 Å². The van der Waals surface area contributed by atoms with Gasteiger partial charge in [0.15, 0.2) is 0 Å². The standard InChI is InChI=1S/C10H25N5.2Ac.Mn.2H2O/c1-2-12-5-6-14-9-10-15-8-7-13-4-3-11-1;;;;;/h11-15H,1-10H2;;;;2*1H2. The van der Waals surface area contributed by atoms with E-state index in [1.54, 1.807) is 0 Å². The maximum atomic E-state index is 3.39. The maximum Gasteiger partial charge on any atom is 0.00772 e. The molecular formula is C10H29Ac2MnN5O2. The molecule has 0 saturated carbocycles. The fraction of sp³-hybridized carbons (Fsp3) is 1.00. The van der Waals surface area contributed by atoms with E-state index in [9.17, 15) is 0 Å². The summed E-state index contributed by atoms with van der Waals surface area (Å²) in [5, 5.41) is 16.9. The van der Waals surface area contributed by atoms with E-state index in [1.807, 2.05) is 0 Å². The number of hydrogen-bond donors (Lipinski definition) is 5. The normalized spacial score (nSPS) is 18.0. The van der Waals surface area contributed by atoms with Crippen LogP contribution in [0.5, 0.6) is 0 Å². The topological polar surface area (TPSA) is 123 Å². The Morgan fingerprint density at radius 2 is 0.450 bits per heavy atom. The monoisotopic (exact) mass is 760 g/mol. The van der Waals surface area contributed by atoms with Gasteiger partial charge in [0, 0.05) is 171 Å². The maximum absolute atomic E-state index is 3.39. The van der Waals surface area contributed by atoms with Gasteiger partial charge in [-0.2, -0.15) is 0 Å². The summed E-state index contributed by atoms with van der Waals surface area (Å²) < 4.78 is 0. The summed E-state index contributed by atoms with van der Waals surface area (Å²) in [6.45, 7) is 10.6. The molecule has 20 heavy (non-hydrogen) atoms. The molecule has 1 fully saturated rings. The molecule has 0 aliphatic carbocycles. The van der Waals surface area contributed by atoms with Crippen LogP contribution in [-0.4, -0.2) is 76.4 Å². The van der Waals surface area contributed by atoms with Crippen LogP contribution < -0.4 is 26.6 Å². The number of hydrogen-bond acceptors (Lipinski definition) is 5. The second-order valence-corrected chi connectivity index (χ2v) is 3.75. The van der Waals surface area contributed by atoms with Crippen molar-refractivity contribution in [3.05, 3.63) is 0 Å². The van der Waals surface area contributed by atoms with E-state index >= 15 is 0 Å². The molecule has 3 radical (unpaired) electrons. The molecular weight excluding hydrogens is 731 g/mol. The van der Waals surface area contributed by atoms with Crippen molar-refractivity contribution in [2.45, 2.75) is 0 Å². The van der Waals surface area contributed by atoms with Gasteiger partial charge in [-0.15, -0.1) is 0 Å². The predicted octanol–water partition coefficient (Wildman–Crippen LogP) is -3.70. The van der Waals surface area contributed by atoms with Crippen LogP contribution in [0.3, 0.4) is 0 Å². The average molecular weight is 760 g/mol. The summed E-state index contributed by atoms with van der Waals surface area (Å²) in [7, 11) is 0. The van der Waals surface area contributed by atoms with Crippen LogP contribution in [0.2, 0.25) is 0 Å². The van der Waals surface area contributed by atoms with Gasteiger partial charge in [0.25, 0.3) is 0 Å². The molecule has 1 heterocycles. The fourth-order valence-corrected chi connectivity index (χ4v) is 1.51. The summed E-state index contributed by atoms with van der Waals surface area (Å²) in [6, 6.07) is 0. The van der Waals surface area contributed by atoms with Crippen molar-refractivity contribution in [1.82, 2.24) is 26.6 Å². The van der Waals surface area contributed by atoms with Gasteiger partial charge in [-0.1, -0.05) is 0 Å². The van der Waals surface area contributed by atoms with Gasteiger partial charge in [-0.05, 0) is 0 Å². The Balaban J connectivity index is -0.000000150. The van der Waals surface area contributed by atoms with Crippen molar-refractivity contribution in [3.63, 3.8) is 0 Å². The van der Waals surface area contributed by atoms with Gasteiger partial charge in [0.2, 0.25) is 0 Å². The summed E-state index contributed by atoms with van der Waals surface area (Å²) in [5.41, 5.74) is 0. The number of rotatable bonds is 0. The van der Waals surface area contributed by atoms with Gasteiger partial charge in [0.1, 0.15) is 0 Å². The first kappa shape index (κ1) is 34.5. The van der Waals surface area contributed by atoms with Crippen molar-refractivity contribution < 1.29 is 116 Å². The second kappa shape index (κ2) is 30.1. The van der Waals surface area contributed by atoms with Crippen molar-refractivity contribution in [2.24, 2.45) is 0 Å². The molecule has 9 N–H and O–H groups in total. The molecule has 1 rings (SSSR count). The van der Waals surface area contributed by atoms with E-state index in [1.165, 1.54) is 0 Å². The van der Waals surface area contributed by atoms with Gasteiger partial charge in [-0.25, -0.2) is 0 Å². The van der Waals surface area contributed by atoms with Crippen molar-refractivity contribution in [2.75, 3.05) is 65.4 Å². The van der Waals surface area contributed by atoms with Gasteiger partial charge in [0.05, 0.1) is 0 Å². The van der Waals surface area contributed by atoms with E-state index in [0.29, 0.717) is 0 Å². The van der Waals surface area contributed by atoms with Crippen LogP contribution in [-0.2, 0) is 17.1 Å². The zero-order valence-corrected chi connectivity index (χ0v) is 22.8. The first-order valence-corrected chi connectivity index (χ1v) is 6.04. The molecule has 119 valence electrons. The summed E-state index contributed by atoms with van der Waals surface area (Å²) in [6.07, 6.45) is 0. The van der Waals surface area contributed by atoms with Gasteiger partial charge < -0.3 is 37.5 Å². The Morgan fingerprint density at radius 3 is 0.550 bits per heavy atom. The Bertz CT molecular complexity index is 96.2. The first-order chi connectivity index (χ1) is 7.50. The zero-order chi connectivity index (χ0) is 10.6. The molecule has 1 aliphatic heterocycles. The Hall–Kier alpha value is 3.12. The Morgan fingerprint density at radius 1 is 0.350 bits per heavy atom. The Labute approximate surface area is 204 Å². The van der Waals surface area contributed by atoms with E-state index in [2.05, 4.69) is 26.6 Å². The van der Waals surface area contributed by atoms with E-state index in [-0.39, 0.29) is 116 Å². The summed E-state index contributed by atoms with van der Waals surface area (Å²) in [4.78, 5) is 0. The summed E-state index contributed by atoms with van der Waals surface area (Å²) >= 11 is 0. The van der Waals surface area contributed by atoms with Crippen molar-refractivity contribution >= 4 is 0 Å². The molecule has 10 heteroatoms. The largest absolute Gasteiger partial charge is 0.412 e. The van der Waals surface area contributed by atoms with E-state index in [0.717, 1.165) is 65.4 Å². The van der Waals surface area contributed by atoms with Crippen LogP contribution in [0.25, 0.3) is 0 Å². The van der Waals surface area contributed by atoms with E-state index in [4.69, 9.17) is 0 Å². The first-order valence-electron chi connectivity index (χ1n) is 6.04. The SMILES string of the molecule is C1CNCCNCCNCCNCCN1.O.O.[Ac].[Ac].[Mn]. The van der Waals surface area contributed by atoms with Crippen LogP contribution in [0.4, 0.5) is 0 Å². The molecule has 0 bridgehead atoms. The third-order valence-corrected chi connectivity index (χ3v) is 2.39.